The second kappa shape index (κ2) is 21.6. The van der Waals surface area contributed by atoms with Gasteiger partial charge in [-0.05, 0) is 0 Å². The maximum absolute atomic E-state index is 8.49. The van der Waals surface area contributed by atoms with Crippen LogP contribution in [0.25, 0.3) is 0 Å². The molecule has 0 aliphatic rings. The minimum absolute atomic E-state index is 0.0339. The summed E-state index contributed by atoms with van der Waals surface area (Å²) in [5.41, 5.74) is 0. The molecule has 140 valence electrons. The maximum atomic E-state index is 8.49. The smallest absolute Gasteiger partial charge is 0.0913 e. The number of rotatable bonds is 20. The Morgan fingerprint density at radius 3 is 0.957 bits per heavy atom. The second-order valence-corrected chi connectivity index (χ2v) is 4.27. The van der Waals surface area contributed by atoms with E-state index in [1.165, 1.54) is 0 Å². The van der Waals surface area contributed by atoms with E-state index in [2.05, 4.69) is 4.84 Å². The molecule has 0 bridgehead atoms. The Morgan fingerprint density at radius 1 is 0.435 bits per heavy atom. The Morgan fingerprint density at radius 2 is 0.696 bits per heavy atom. The number of aliphatic hydroxyl groups is 1. The van der Waals surface area contributed by atoms with Crippen LogP contribution >= 0.6 is 0 Å². The van der Waals surface area contributed by atoms with E-state index in [0.29, 0.717) is 85.9 Å². The first-order valence-electron chi connectivity index (χ1n) is 7.80. The highest BCUT2D eigenvalue weighted by atomic mass is 16.6. The van der Waals surface area contributed by atoms with E-state index < -0.39 is 0 Å². The number of nitrogens with two attached hydrogens (primary N) is 1. The van der Waals surface area contributed by atoms with Crippen LogP contribution in [0, 0.1) is 0 Å². The number of aliphatic hydroxyl groups excluding tert-OH is 1. The summed E-state index contributed by atoms with van der Waals surface area (Å²) in [5.74, 6) is 4.85. The molecule has 0 unspecified atom stereocenters. The summed E-state index contributed by atoms with van der Waals surface area (Å²) < 4.78 is 31.5. The third-order valence-corrected chi connectivity index (χ3v) is 2.44. The summed E-state index contributed by atoms with van der Waals surface area (Å²) in [6, 6.07) is 0. The summed E-state index contributed by atoms with van der Waals surface area (Å²) in [6.45, 7) is 6.35. The third-order valence-electron chi connectivity index (χ3n) is 2.44. The van der Waals surface area contributed by atoms with Gasteiger partial charge in [0.05, 0.1) is 92.5 Å². The van der Waals surface area contributed by atoms with E-state index >= 15 is 0 Å². The fourth-order valence-corrected chi connectivity index (χ4v) is 1.37. The first-order chi connectivity index (χ1) is 11.4. The van der Waals surface area contributed by atoms with Crippen molar-refractivity contribution in [2.75, 3.05) is 92.5 Å². The molecule has 0 saturated heterocycles. The van der Waals surface area contributed by atoms with Crippen molar-refractivity contribution in [3.63, 3.8) is 0 Å². The molecule has 0 aromatic heterocycles. The normalized spacial score (nSPS) is 11.2. The lowest BCUT2D eigenvalue weighted by Crippen LogP contribution is -2.15. The predicted molar refractivity (Wildman–Crippen MR) is 82.1 cm³/mol. The lowest BCUT2D eigenvalue weighted by atomic mass is 10.7. The van der Waals surface area contributed by atoms with Crippen LogP contribution < -0.4 is 5.90 Å². The minimum Gasteiger partial charge on any atom is -0.394 e. The Labute approximate surface area is 137 Å². The van der Waals surface area contributed by atoms with Crippen LogP contribution in [0.2, 0.25) is 0 Å². The van der Waals surface area contributed by atoms with Crippen LogP contribution in [0.5, 0.6) is 0 Å². The van der Waals surface area contributed by atoms with E-state index in [0.717, 1.165) is 0 Å². The molecule has 0 atom stereocenters. The van der Waals surface area contributed by atoms with Gasteiger partial charge in [0.25, 0.3) is 0 Å². The zero-order valence-corrected chi connectivity index (χ0v) is 13.8. The molecule has 0 aromatic carbocycles. The SMILES string of the molecule is NOCCOCCOCCOCCOCCOCCOCCO. The highest BCUT2D eigenvalue weighted by Gasteiger charge is 1.94. The van der Waals surface area contributed by atoms with Crippen LogP contribution in [0.1, 0.15) is 0 Å². The van der Waals surface area contributed by atoms with Crippen LogP contribution in [-0.2, 0) is 33.3 Å². The zero-order chi connectivity index (χ0) is 16.8. The van der Waals surface area contributed by atoms with Crippen molar-refractivity contribution in [3.05, 3.63) is 0 Å². The number of ether oxygens (including phenoxy) is 6. The Balaban J connectivity index is 2.92. The van der Waals surface area contributed by atoms with Gasteiger partial charge in [0.15, 0.2) is 0 Å². The van der Waals surface area contributed by atoms with Gasteiger partial charge < -0.3 is 38.4 Å². The third kappa shape index (κ3) is 21.6. The van der Waals surface area contributed by atoms with Gasteiger partial charge >= 0.3 is 0 Å². The highest BCUT2D eigenvalue weighted by Crippen LogP contribution is 1.84. The van der Waals surface area contributed by atoms with Crippen molar-refractivity contribution in [3.8, 4) is 0 Å². The zero-order valence-electron chi connectivity index (χ0n) is 13.8. The van der Waals surface area contributed by atoms with Crippen molar-refractivity contribution in [1.29, 1.82) is 0 Å². The number of hydrogen-bond acceptors (Lipinski definition) is 9. The van der Waals surface area contributed by atoms with Gasteiger partial charge in [-0.25, -0.2) is 5.90 Å². The van der Waals surface area contributed by atoms with E-state index in [1.807, 2.05) is 0 Å². The van der Waals surface area contributed by atoms with E-state index in [-0.39, 0.29) is 6.61 Å². The minimum atomic E-state index is 0.0339. The van der Waals surface area contributed by atoms with Crippen LogP contribution in [0.4, 0.5) is 0 Å². The molecule has 23 heavy (non-hydrogen) atoms. The molecular formula is C14H31NO8. The molecular weight excluding hydrogens is 310 g/mol. The van der Waals surface area contributed by atoms with Gasteiger partial charge in [-0.15, -0.1) is 0 Å². The largest absolute Gasteiger partial charge is 0.394 e. The van der Waals surface area contributed by atoms with Crippen molar-refractivity contribution in [2.45, 2.75) is 0 Å². The molecule has 0 radical (unpaired) electrons. The van der Waals surface area contributed by atoms with Crippen LogP contribution in [0.3, 0.4) is 0 Å². The molecule has 0 rings (SSSR count). The van der Waals surface area contributed by atoms with Gasteiger partial charge in [-0.3, -0.25) is 0 Å². The lowest BCUT2D eigenvalue weighted by molar-refractivity contribution is -0.0215. The molecule has 0 aromatic rings. The summed E-state index contributed by atoms with van der Waals surface area (Å²) in [6.07, 6.45) is 0. The Bertz CT molecular complexity index is 191. The molecule has 0 fully saturated rings. The first-order valence-corrected chi connectivity index (χ1v) is 7.80. The van der Waals surface area contributed by atoms with Crippen molar-refractivity contribution in [1.82, 2.24) is 0 Å². The molecule has 0 amide bonds. The van der Waals surface area contributed by atoms with E-state index in [1.54, 1.807) is 0 Å². The second-order valence-electron chi connectivity index (χ2n) is 4.27. The molecule has 9 nitrogen and oxygen atoms in total. The van der Waals surface area contributed by atoms with Gasteiger partial charge in [0.2, 0.25) is 0 Å². The molecule has 0 heterocycles. The van der Waals surface area contributed by atoms with Crippen molar-refractivity contribution >= 4 is 0 Å². The van der Waals surface area contributed by atoms with Gasteiger partial charge in [0, 0.05) is 0 Å². The summed E-state index contributed by atoms with van der Waals surface area (Å²) >= 11 is 0. The maximum Gasteiger partial charge on any atom is 0.0913 e. The van der Waals surface area contributed by atoms with Crippen LogP contribution in [0.15, 0.2) is 0 Å². The summed E-state index contributed by atoms with van der Waals surface area (Å²) in [4.78, 5) is 4.36. The standard InChI is InChI=1S/C14H31NO8/c15-23-14-13-22-12-11-21-10-9-20-8-7-19-6-5-18-4-3-17-2-1-16/h16H,1-15H2. The first kappa shape index (κ1) is 22.6. The average molecular weight is 341 g/mol. The summed E-state index contributed by atoms with van der Waals surface area (Å²) in [5, 5.41) is 8.49. The van der Waals surface area contributed by atoms with Gasteiger partial charge in [0.1, 0.15) is 0 Å². The molecule has 0 aliphatic carbocycles. The quantitative estimate of drug-likeness (QED) is 0.212. The highest BCUT2D eigenvalue weighted by molar-refractivity contribution is 4.36. The van der Waals surface area contributed by atoms with E-state index in [9.17, 15) is 0 Å². The molecule has 0 spiro atoms. The average Bonchev–Trinajstić information content (AvgIpc) is 2.57. The molecule has 3 N–H and O–H groups in total. The van der Waals surface area contributed by atoms with Gasteiger partial charge in [-0.2, -0.15) is 0 Å². The van der Waals surface area contributed by atoms with Crippen molar-refractivity contribution in [2.24, 2.45) is 5.90 Å². The fraction of sp³-hybridized carbons (Fsp3) is 1.00. The molecule has 9 heteroatoms. The molecule has 0 aliphatic heterocycles. The number of hydrogen-bond donors (Lipinski definition) is 2. The molecule has 0 saturated carbocycles. The monoisotopic (exact) mass is 341 g/mol. The fourth-order valence-electron chi connectivity index (χ4n) is 1.37. The van der Waals surface area contributed by atoms with E-state index in [4.69, 9.17) is 39.4 Å². The van der Waals surface area contributed by atoms with Crippen molar-refractivity contribution < 1.29 is 38.4 Å². The lowest BCUT2D eigenvalue weighted by Gasteiger charge is -2.08. The van der Waals surface area contributed by atoms with Gasteiger partial charge in [-0.1, -0.05) is 0 Å². The van der Waals surface area contributed by atoms with Crippen LogP contribution in [-0.4, -0.2) is 97.6 Å². The predicted octanol–water partition coefficient (Wildman–Crippen LogP) is -1.03. The Kier molecular flexibility index (Phi) is 21.3. The Hall–Kier alpha value is -0.360. The topological polar surface area (TPSA) is 111 Å². The summed E-state index contributed by atoms with van der Waals surface area (Å²) in [7, 11) is 0.